The summed E-state index contributed by atoms with van der Waals surface area (Å²) in [7, 11) is 0. The number of hydrogen-bond donors (Lipinski definition) is 2. The van der Waals surface area contributed by atoms with E-state index in [4.69, 9.17) is 0 Å². The van der Waals surface area contributed by atoms with E-state index in [1.54, 1.807) is 24.3 Å². The Morgan fingerprint density at radius 1 is 1.44 bits per heavy atom. The molecule has 92 valence electrons. The number of phenolic OH excluding ortho intramolecular Hbond substituents is 1. The summed E-state index contributed by atoms with van der Waals surface area (Å²) in [4.78, 5) is 22.4. The number of aromatic hydroxyl groups is 1. The Hall–Kier alpha value is -2.50. The van der Waals surface area contributed by atoms with Crippen LogP contribution in [0.2, 0.25) is 0 Å². The SMILES string of the molecule is O=C1C=CC(C(=O)NCc2cccc(O)c2)N=N1. The summed E-state index contributed by atoms with van der Waals surface area (Å²) in [6.07, 6.45) is 2.61. The highest BCUT2D eigenvalue weighted by Crippen LogP contribution is 2.10. The smallest absolute Gasteiger partial charge is 0.287 e. The van der Waals surface area contributed by atoms with Crippen molar-refractivity contribution in [2.75, 3.05) is 0 Å². The van der Waals surface area contributed by atoms with Crippen LogP contribution >= 0.6 is 0 Å². The monoisotopic (exact) mass is 245 g/mol. The van der Waals surface area contributed by atoms with Gasteiger partial charge < -0.3 is 10.4 Å². The minimum absolute atomic E-state index is 0.143. The number of amides is 2. The average Bonchev–Trinajstić information content (AvgIpc) is 2.37. The topological polar surface area (TPSA) is 91.1 Å². The number of azo groups is 1. The van der Waals surface area contributed by atoms with Crippen LogP contribution in [-0.2, 0) is 16.1 Å². The fourth-order valence-electron chi connectivity index (χ4n) is 1.46. The molecule has 0 bridgehead atoms. The number of nitrogens with one attached hydrogen (secondary N) is 1. The zero-order valence-corrected chi connectivity index (χ0v) is 9.41. The molecule has 1 aromatic carbocycles. The molecule has 1 unspecified atom stereocenters. The highest BCUT2D eigenvalue weighted by molar-refractivity contribution is 5.92. The Morgan fingerprint density at radius 3 is 2.94 bits per heavy atom. The third-order valence-electron chi connectivity index (χ3n) is 2.35. The largest absolute Gasteiger partial charge is 0.508 e. The maximum atomic E-state index is 11.7. The highest BCUT2D eigenvalue weighted by Gasteiger charge is 2.17. The molecule has 1 atom stereocenters. The lowest BCUT2D eigenvalue weighted by Gasteiger charge is -2.10. The van der Waals surface area contributed by atoms with Gasteiger partial charge in [0.05, 0.1) is 0 Å². The Bertz CT molecular complexity index is 521. The van der Waals surface area contributed by atoms with Gasteiger partial charge in [-0.25, -0.2) is 0 Å². The van der Waals surface area contributed by atoms with Gasteiger partial charge in [-0.1, -0.05) is 12.1 Å². The second-order valence-corrected chi connectivity index (χ2v) is 3.75. The molecule has 2 rings (SSSR count). The van der Waals surface area contributed by atoms with Crippen molar-refractivity contribution in [2.24, 2.45) is 10.2 Å². The first-order valence-corrected chi connectivity index (χ1v) is 5.34. The van der Waals surface area contributed by atoms with Crippen molar-refractivity contribution < 1.29 is 14.7 Å². The predicted octanol–water partition coefficient (Wildman–Crippen LogP) is 0.926. The molecular formula is C12H11N3O3. The molecule has 0 saturated carbocycles. The lowest BCUT2D eigenvalue weighted by molar-refractivity contribution is -0.121. The third-order valence-corrected chi connectivity index (χ3v) is 2.35. The first-order valence-electron chi connectivity index (χ1n) is 5.34. The Morgan fingerprint density at radius 2 is 2.28 bits per heavy atom. The molecule has 1 aliphatic heterocycles. The van der Waals surface area contributed by atoms with Crippen LogP contribution in [0.1, 0.15) is 5.56 Å². The summed E-state index contributed by atoms with van der Waals surface area (Å²) in [5, 5.41) is 18.8. The van der Waals surface area contributed by atoms with Crippen molar-refractivity contribution in [3.63, 3.8) is 0 Å². The minimum atomic E-state index is -0.764. The molecule has 0 aromatic heterocycles. The molecule has 0 saturated heterocycles. The standard InChI is InChI=1S/C12H11N3O3/c16-9-3-1-2-8(6-9)7-13-12(18)10-4-5-11(17)15-14-10/h1-6,10,16H,7H2,(H,13,18). The maximum Gasteiger partial charge on any atom is 0.287 e. The lowest BCUT2D eigenvalue weighted by Crippen LogP contribution is -2.32. The maximum absolute atomic E-state index is 11.7. The average molecular weight is 245 g/mol. The van der Waals surface area contributed by atoms with E-state index in [1.165, 1.54) is 12.2 Å². The summed E-state index contributed by atoms with van der Waals surface area (Å²) in [5.74, 6) is -0.664. The lowest BCUT2D eigenvalue weighted by atomic mass is 10.2. The molecule has 1 heterocycles. The number of carbonyl (C=O) groups is 2. The van der Waals surface area contributed by atoms with Crippen LogP contribution in [0, 0.1) is 0 Å². The van der Waals surface area contributed by atoms with Crippen molar-refractivity contribution in [1.29, 1.82) is 0 Å². The fraction of sp³-hybridized carbons (Fsp3) is 0.167. The van der Waals surface area contributed by atoms with Gasteiger partial charge in [-0.15, -0.1) is 5.11 Å². The summed E-state index contributed by atoms with van der Waals surface area (Å²) < 4.78 is 0. The van der Waals surface area contributed by atoms with Crippen molar-refractivity contribution in [3.8, 4) is 5.75 Å². The molecule has 1 aliphatic rings. The first-order chi connectivity index (χ1) is 8.65. The second-order valence-electron chi connectivity index (χ2n) is 3.75. The van der Waals surface area contributed by atoms with E-state index in [0.29, 0.717) is 0 Å². The van der Waals surface area contributed by atoms with Gasteiger partial charge in [-0.05, 0) is 23.8 Å². The van der Waals surface area contributed by atoms with Gasteiger partial charge in [-0.3, -0.25) is 9.59 Å². The number of carbonyl (C=O) groups excluding carboxylic acids is 2. The fourth-order valence-corrected chi connectivity index (χ4v) is 1.46. The van der Waals surface area contributed by atoms with Crippen LogP contribution in [0.5, 0.6) is 5.75 Å². The summed E-state index contributed by atoms with van der Waals surface area (Å²) in [6.45, 7) is 0.279. The molecule has 2 N–H and O–H groups in total. The van der Waals surface area contributed by atoms with E-state index in [-0.39, 0.29) is 18.2 Å². The molecular weight excluding hydrogens is 234 g/mol. The van der Waals surface area contributed by atoms with Gasteiger partial charge in [-0.2, -0.15) is 5.11 Å². The van der Waals surface area contributed by atoms with Crippen molar-refractivity contribution >= 4 is 11.8 Å². The number of rotatable bonds is 3. The number of nitrogens with zero attached hydrogens (tertiary/aromatic N) is 2. The van der Waals surface area contributed by atoms with Crippen LogP contribution < -0.4 is 5.32 Å². The normalized spacial score (nSPS) is 17.8. The Balaban J connectivity index is 1.91. The van der Waals surface area contributed by atoms with Crippen molar-refractivity contribution in [1.82, 2.24) is 5.32 Å². The van der Waals surface area contributed by atoms with Crippen molar-refractivity contribution in [3.05, 3.63) is 42.0 Å². The van der Waals surface area contributed by atoms with Crippen LogP contribution in [0.3, 0.4) is 0 Å². The van der Waals surface area contributed by atoms with Crippen LogP contribution in [0.25, 0.3) is 0 Å². The van der Waals surface area contributed by atoms with Crippen LogP contribution in [0.4, 0.5) is 0 Å². The molecule has 18 heavy (non-hydrogen) atoms. The van der Waals surface area contributed by atoms with E-state index in [9.17, 15) is 14.7 Å². The Kier molecular flexibility index (Phi) is 3.47. The van der Waals surface area contributed by atoms with E-state index in [2.05, 4.69) is 15.5 Å². The number of benzene rings is 1. The number of phenols is 1. The number of hydrogen-bond acceptors (Lipinski definition) is 4. The molecule has 0 fully saturated rings. The van der Waals surface area contributed by atoms with Crippen molar-refractivity contribution in [2.45, 2.75) is 12.6 Å². The molecule has 6 heteroatoms. The van der Waals surface area contributed by atoms with E-state index in [1.807, 2.05) is 0 Å². The molecule has 1 aromatic rings. The highest BCUT2D eigenvalue weighted by atomic mass is 16.3. The van der Waals surface area contributed by atoms with Crippen LogP contribution in [0.15, 0.2) is 46.6 Å². The summed E-state index contributed by atoms with van der Waals surface area (Å²) in [6, 6.07) is 5.81. The summed E-state index contributed by atoms with van der Waals surface area (Å²) in [5.41, 5.74) is 0.774. The van der Waals surface area contributed by atoms with Gasteiger partial charge in [0, 0.05) is 12.6 Å². The second kappa shape index (κ2) is 5.22. The molecule has 0 aliphatic carbocycles. The first kappa shape index (κ1) is 12.0. The molecule has 0 radical (unpaired) electrons. The third kappa shape index (κ3) is 3.00. The zero-order chi connectivity index (χ0) is 13.0. The minimum Gasteiger partial charge on any atom is -0.508 e. The molecule has 6 nitrogen and oxygen atoms in total. The van der Waals surface area contributed by atoms with Gasteiger partial charge in [0.1, 0.15) is 5.75 Å². The van der Waals surface area contributed by atoms with Crippen LogP contribution in [-0.4, -0.2) is 23.0 Å². The van der Waals surface area contributed by atoms with E-state index in [0.717, 1.165) is 5.56 Å². The van der Waals surface area contributed by atoms with Gasteiger partial charge in [0.15, 0.2) is 6.04 Å². The van der Waals surface area contributed by atoms with Gasteiger partial charge >= 0.3 is 0 Å². The van der Waals surface area contributed by atoms with Gasteiger partial charge in [0.25, 0.3) is 11.8 Å². The Labute approximate surface area is 103 Å². The molecule has 0 spiro atoms. The van der Waals surface area contributed by atoms with Gasteiger partial charge in [0.2, 0.25) is 0 Å². The molecule has 2 amide bonds. The quantitative estimate of drug-likeness (QED) is 0.829. The zero-order valence-electron chi connectivity index (χ0n) is 9.41. The van der Waals surface area contributed by atoms with E-state index < -0.39 is 11.9 Å². The summed E-state index contributed by atoms with van der Waals surface area (Å²) >= 11 is 0. The van der Waals surface area contributed by atoms with E-state index >= 15 is 0 Å². The predicted molar refractivity (Wildman–Crippen MR) is 62.7 cm³/mol.